The Morgan fingerprint density at radius 2 is 1.20 bits per heavy atom. The first-order chi connectivity index (χ1) is 1.91. The fraction of sp³-hybridized carbons (Fsp3) is 0. The SMILES string of the molecule is C=C=C=C.Cl. The lowest BCUT2D eigenvalue weighted by molar-refractivity contribution is 2.37. The van der Waals surface area contributed by atoms with Gasteiger partial charge in [0.1, 0.15) is 0 Å². The molecule has 0 aromatic heterocycles. The van der Waals surface area contributed by atoms with Gasteiger partial charge in [0.15, 0.2) is 0 Å². The Balaban J connectivity index is 0. The Morgan fingerprint density at radius 1 is 1.00 bits per heavy atom. The van der Waals surface area contributed by atoms with Gasteiger partial charge in [-0.05, 0) is 13.2 Å². The molecule has 0 rings (SSSR count). The predicted octanol–water partition coefficient (Wildman–Crippen LogP) is 1.53. The minimum Gasteiger partial charge on any atom is -0.147 e. The van der Waals surface area contributed by atoms with E-state index in [4.69, 9.17) is 0 Å². The van der Waals surface area contributed by atoms with E-state index in [0.717, 1.165) is 0 Å². The lowest BCUT2D eigenvalue weighted by Gasteiger charge is -1.21. The summed E-state index contributed by atoms with van der Waals surface area (Å²) < 4.78 is 0. The fourth-order valence-electron chi connectivity index (χ4n) is 0. The quantitative estimate of drug-likeness (QED) is 0.394. The highest BCUT2D eigenvalue weighted by Crippen LogP contribution is 1.30. The Morgan fingerprint density at radius 3 is 1.20 bits per heavy atom. The van der Waals surface area contributed by atoms with Gasteiger partial charge in [0.05, 0.1) is 0 Å². The third-order valence-electron chi connectivity index (χ3n) is 0.125. The van der Waals surface area contributed by atoms with E-state index < -0.39 is 0 Å². The van der Waals surface area contributed by atoms with Gasteiger partial charge < -0.3 is 0 Å². The second kappa shape index (κ2) is 9.53. The zero-order chi connectivity index (χ0) is 3.41. The van der Waals surface area contributed by atoms with E-state index in [2.05, 4.69) is 24.6 Å². The summed E-state index contributed by atoms with van der Waals surface area (Å²) in [6.07, 6.45) is 0. The highest BCUT2D eigenvalue weighted by atomic mass is 35.5. The summed E-state index contributed by atoms with van der Waals surface area (Å²) in [5, 5.41) is 0. The molecule has 0 heterocycles. The van der Waals surface area contributed by atoms with E-state index in [1.54, 1.807) is 0 Å². The molecule has 0 aromatic carbocycles. The molecule has 0 aromatic rings. The molecule has 0 aliphatic heterocycles. The number of hydrogen-bond acceptors (Lipinski definition) is 0. The highest BCUT2D eigenvalue weighted by Gasteiger charge is 1.08. The second-order valence-corrected chi connectivity index (χ2v) is 0.354. The van der Waals surface area contributed by atoms with Crippen molar-refractivity contribution in [3.63, 3.8) is 0 Å². The minimum absolute atomic E-state index is 0. The molecule has 0 spiro atoms. The fourth-order valence-corrected chi connectivity index (χ4v) is 0. The maximum absolute atomic E-state index is 3.18. The normalized spacial score (nSPS) is 2.40. The Hall–Kier alpha value is -0.410. The standard InChI is InChI=1S/C4H4.ClH/c1-3-4-2;/h1-2H2;1H. The Bertz CT molecular complexity index is 53.7. The largest absolute Gasteiger partial charge is 0.147 e. The van der Waals surface area contributed by atoms with Crippen molar-refractivity contribution in [3.8, 4) is 0 Å². The van der Waals surface area contributed by atoms with Crippen LogP contribution < -0.4 is 0 Å². The summed E-state index contributed by atoms with van der Waals surface area (Å²) in [5.41, 5.74) is 4.64. The van der Waals surface area contributed by atoms with Gasteiger partial charge in [0, 0.05) is 0 Å². The first kappa shape index (κ1) is 8.82. The lowest BCUT2D eigenvalue weighted by Crippen LogP contribution is -0.988. The topological polar surface area (TPSA) is 0 Å². The van der Waals surface area contributed by atoms with E-state index in [9.17, 15) is 0 Å². The van der Waals surface area contributed by atoms with Crippen LogP contribution in [0.4, 0.5) is 0 Å². The van der Waals surface area contributed by atoms with Crippen molar-refractivity contribution < 1.29 is 0 Å². The molecule has 0 saturated carbocycles. The van der Waals surface area contributed by atoms with Crippen LogP contribution in [0.15, 0.2) is 24.6 Å². The lowest BCUT2D eigenvalue weighted by atomic mass is 10.9. The molecular weight excluding hydrogens is 83.5 g/mol. The predicted molar refractivity (Wildman–Crippen MR) is 25.5 cm³/mol. The van der Waals surface area contributed by atoms with Crippen molar-refractivity contribution in [2.45, 2.75) is 0 Å². The van der Waals surface area contributed by atoms with Crippen LogP contribution in [-0.4, -0.2) is 0 Å². The van der Waals surface area contributed by atoms with Crippen molar-refractivity contribution >= 4 is 12.4 Å². The number of halogens is 1. The molecule has 0 aliphatic carbocycles. The summed E-state index contributed by atoms with van der Waals surface area (Å²) in [5.74, 6) is 0. The first-order valence-electron chi connectivity index (χ1n) is 0.957. The van der Waals surface area contributed by atoms with Gasteiger partial charge in [0.25, 0.3) is 0 Å². The van der Waals surface area contributed by atoms with E-state index in [-0.39, 0.29) is 12.4 Å². The van der Waals surface area contributed by atoms with Crippen molar-refractivity contribution in [1.82, 2.24) is 0 Å². The van der Waals surface area contributed by atoms with Gasteiger partial charge in [-0.2, -0.15) is 0 Å². The molecule has 0 aliphatic rings. The molecule has 0 saturated heterocycles. The van der Waals surface area contributed by atoms with E-state index >= 15 is 0 Å². The van der Waals surface area contributed by atoms with Crippen LogP contribution in [-0.2, 0) is 0 Å². The average Bonchev–Trinajstić information content (AvgIpc) is 1.37. The smallest absolute Gasteiger partial charge is 0.0481 e. The van der Waals surface area contributed by atoms with Gasteiger partial charge in [0.2, 0.25) is 0 Å². The maximum Gasteiger partial charge on any atom is -0.0481 e. The third kappa shape index (κ3) is 26.1. The van der Waals surface area contributed by atoms with Gasteiger partial charge in [-0.25, -0.2) is 0 Å². The minimum atomic E-state index is 0. The van der Waals surface area contributed by atoms with Crippen LogP contribution in [0, 0.1) is 0 Å². The number of rotatable bonds is 0. The Kier molecular flexibility index (Phi) is 16.8. The van der Waals surface area contributed by atoms with Crippen LogP contribution in [0.25, 0.3) is 0 Å². The summed E-state index contributed by atoms with van der Waals surface area (Å²) >= 11 is 0. The molecular formula is C4H5Cl. The van der Waals surface area contributed by atoms with Crippen molar-refractivity contribution in [1.29, 1.82) is 0 Å². The monoisotopic (exact) mass is 88.0 g/mol. The van der Waals surface area contributed by atoms with Crippen LogP contribution in [0.2, 0.25) is 0 Å². The van der Waals surface area contributed by atoms with Gasteiger partial charge >= 0.3 is 0 Å². The summed E-state index contributed by atoms with van der Waals surface area (Å²) in [7, 11) is 0. The van der Waals surface area contributed by atoms with Crippen molar-refractivity contribution in [3.05, 3.63) is 24.6 Å². The Labute approximate surface area is 37.9 Å². The molecule has 0 atom stereocenters. The molecule has 28 valence electrons. The molecule has 0 N–H and O–H groups in total. The maximum atomic E-state index is 3.18. The van der Waals surface area contributed by atoms with Crippen LogP contribution in [0.5, 0.6) is 0 Å². The van der Waals surface area contributed by atoms with Gasteiger partial charge in [-0.15, -0.1) is 12.4 Å². The van der Waals surface area contributed by atoms with Gasteiger partial charge in [-0.1, -0.05) is 11.5 Å². The number of hydrogen-bond donors (Lipinski definition) is 0. The van der Waals surface area contributed by atoms with Gasteiger partial charge in [-0.3, -0.25) is 0 Å². The molecule has 0 unspecified atom stereocenters. The summed E-state index contributed by atoms with van der Waals surface area (Å²) in [6.45, 7) is 6.36. The second-order valence-electron chi connectivity index (χ2n) is 0.354. The zero-order valence-corrected chi connectivity index (χ0v) is 3.64. The van der Waals surface area contributed by atoms with Crippen molar-refractivity contribution in [2.24, 2.45) is 0 Å². The molecule has 0 amide bonds. The average molecular weight is 88.5 g/mol. The third-order valence-corrected chi connectivity index (χ3v) is 0.125. The molecule has 0 fully saturated rings. The molecule has 0 radical (unpaired) electrons. The summed E-state index contributed by atoms with van der Waals surface area (Å²) in [4.78, 5) is 0. The van der Waals surface area contributed by atoms with E-state index in [0.29, 0.717) is 0 Å². The van der Waals surface area contributed by atoms with E-state index in [1.165, 1.54) is 0 Å². The van der Waals surface area contributed by atoms with Crippen LogP contribution >= 0.6 is 12.4 Å². The molecule has 0 bridgehead atoms. The first-order valence-corrected chi connectivity index (χ1v) is 0.957. The molecule has 5 heavy (non-hydrogen) atoms. The summed E-state index contributed by atoms with van der Waals surface area (Å²) in [6, 6.07) is 0. The zero-order valence-electron chi connectivity index (χ0n) is 2.82. The molecule has 0 nitrogen and oxygen atoms in total. The van der Waals surface area contributed by atoms with E-state index in [1.807, 2.05) is 0 Å². The van der Waals surface area contributed by atoms with Crippen LogP contribution in [0.1, 0.15) is 0 Å². The molecule has 1 heteroatoms. The van der Waals surface area contributed by atoms with Crippen LogP contribution in [0.3, 0.4) is 0 Å². The highest BCUT2D eigenvalue weighted by molar-refractivity contribution is 5.85. The van der Waals surface area contributed by atoms with Crippen molar-refractivity contribution in [2.75, 3.05) is 0 Å².